The lowest BCUT2D eigenvalue weighted by molar-refractivity contribution is -0.127. The minimum absolute atomic E-state index is 0.110. The predicted octanol–water partition coefficient (Wildman–Crippen LogP) is 2.83. The van der Waals surface area contributed by atoms with Crippen molar-refractivity contribution in [1.29, 1.82) is 0 Å². The molecular formula is C17H21NO2. The molecule has 3 heteroatoms. The lowest BCUT2D eigenvalue weighted by Gasteiger charge is -2.49. The summed E-state index contributed by atoms with van der Waals surface area (Å²) < 4.78 is 0. The van der Waals surface area contributed by atoms with E-state index in [0.717, 1.165) is 38.6 Å². The third-order valence-corrected chi connectivity index (χ3v) is 6.02. The van der Waals surface area contributed by atoms with Crippen molar-refractivity contribution in [2.45, 2.75) is 45.4 Å². The Morgan fingerprint density at radius 3 is 2.90 bits per heavy atom. The van der Waals surface area contributed by atoms with E-state index < -0.39 is 0 Å². The quantitative estimate of drug-likeness (QED) is 0.680. The van der Waals surface area contributed by atoms with Crippen LogP contribution in [0.3, 0.4) is 0 Å². The molecule has 0 amide bonds. The molecule has 0 aromatic heterocycles. The van der Waals surface area contributed by atoms with Gasteiger partial charge < -0.3 is 4.90 Å². The first-order valence-corrected chi connectivity index (χ1v) is 7.84. The zero-order valence-corrected chi connectivity index (χ0v) is 12.0. The Balaban J connectivity index is 1.72. The SMILES string of the molecule is C[C@]12CC=C3C(CCC4=CC(=O)CCN43)[C@@H]1CCC2=O. The lowest BCUT2D eigenvalue weighted by atomic mass is 9.63. The molecule has 4 aliphatic rings. The topological polar surface area (TPSA) is 37.4 Å². The van der Waals surface area contributed by atoms with Gasteiger partial charge in [-0.05, 0) is 31.6 Å². The van der Waals surface area contributed by atoms with Crippen LogP contribution in [0.5, 0.6) is 0 Å². The minimum atomic E-state index is -0.110. The van der Waals surface area contributed by atoms with Crippen molar-refractivity contribution in [2.24, 2.45) is 17.3 Å². The average Bonchev–Trinajstić information content (AvgIpc) is 2.74. The van der Waals surface area contributed by atoms with Crippen LogP contribution in [0, 0.1) is 17.3 Å². The van der Waals surface area contributed by atoms with E-state index in [4.69, 9.17) is 0 Å². The van der Waals surface area contributed by atoms with E-state index in [-0.39, 0.29) is 11.2 Å². The number of piperidine rings is 1. The Labute approximate surface area is 119 Å². The fourth-order valence-electron chi connectivity index (χ4n) is 4.85. The maximum absolute atomic E-state index is 12.2. The van der Waals surface area contributed by atoms with E-state index in [0.29, 0.717) is 24.0 Å². The highest BCUT2D eigenvalue weighted by atomic mass is 16.1. The molecule has 1 saturated heterocycles. The van der Waals surface area contributed by atoms with Gasteiger partial charge in [-0.1, -0.05) is 13.0 Å². The molecule has 0 radical (unpaired) electrons. The number of fused-ring (bicyclic) bond motifs is 5. The molecule has 0 bridgehead atoms. The molecular weight excluding hydrogens is 250 g/mol. The van der Waals surface area contributed by atoms with Gasteiger partial charge in [0.1, 0.15) is 5.78 Å². The summed E-state index contributed by atoms with van der Waals surface area (Å²) in [4.78, 5) is 26.2. The van der Waals surface area contributed by atoms with Gasteiger partial charge in [-0.25, -0.2) is 0 Å². The first kappa shape index (κ1) is 12.4. The molecule has 2 fully saturated rings. The highest BCUT2D eigenvalue weighted by Gasteiger charge is 2.53. The van der Waals surface area contributed by atoms with E-state index in [1.165, 1.54) is 11.4 Å². The van der Waals surface area contributed by atoms with E-state index >= 15 is 0 Å². The summed E-state index contributed by atoms with van der Waals surface area (Å²) in [5, 5.41) is 0. The number of hydrogen-bond donors (Lipinski definition) is 0. The van der Waals surface area contributed by atoms with Crippen molar-refractivity contribution in [3.8, 4) is 0 Å². The van der Waals surface area contributed by atoms with E-state index in [1.54, 1.807) is 0 Å². The first-order chi connectivity index (χ1) is 9.59. The molecule has 2 aliphatic heterocycles. The Kier molecular flexibility index (Phi) is 2.51. The van der Waals surface area contributed by atoms with Crippen LogP contribution >= 0.6 is 0 Å². The molecule has 106 valence electrons. The number of ketones is 2. The van der Waals surface area contributed by atoms with Crippen LogP contribution in [-0.2, 0) is 9.59 Å². The molecule has 0 spiro atoms. The summed E-state index contributed by atoms with van der Waals surface area (Å²) in [7, 11) is 0. The van der Waals surface area contributed by atoms with Gasteiger partial charge in [-0.2, -0.15) is 0 Å². The van der Waals surface area contributed by atoms with Crippen LogP contribution in [-0.4, -0.2) is 23.0 Å². The number of Topliss-reactive ketones (excluding diaryl/α,β-unsaturated/α-hetero) is 1. The molecule has 2 heterocycles. The molecule has 1 saturated carbocycles. The predicted molar refractivity (Wildman–Crippen MR) is 75.7 cm³/mol. The molecule has 0 N–H and O–H groups in total. The average molecular weight is 271 g/mol. The Hall–Kier alpha value is -1.38. The largest absolute Gasteiger partial charge is 0.348 e. The van der Waals surface area contributed by atoms with Crippen molar-refractivity contribution in [1.82, 2.24) is 4.90 Å². The monoisotopic (exact) mass is 271 g/mol. The molecule has 20 heavy (non-hydrogen) atoms. The number of allylic oxidation sites excluding steroid dienone is 4. The molecule has 0 aromatic carbocycles. The first-order valence-electron chi connectivity index (χ1n) is 7.84. The fourth-order valence-corrected chi connectivity index (χ4v) is 4.85. The molecule has 0 aromatic rings. The third kappa shape index (κ3) is 1.52. The van der Waals surface area contributed by atoms with Gasteiger partial charge in [0, 0.05) is 48.2 Å². The summed E-state index contributed by atoms with van der Waals surface area (Å²) in [5.41, 5.74) is 2.50. The second-order valence-electron chi connectivity index (χ2n) is 6.97. The molecule has 4 rings (SSSR count). The summed E-state index contributed by atoms with van der Waals surface area (Å²) in [6, 6.07) is 0. The van der Waals surface area contributed by atoms with E-state index in [1.807, 2.05) is 6.08 Å². The van der Waals surface area contributed by atoms with E-state index in [9.17, 15) is 9.59 Å². The molecule has 1 unspecified atom stereocenters. The van der Waals surface area contributed by atoms with Crippen LogP contribution in [0.1, 0.15) is 45.4 Å². The van der Waals surface area contributed by atoms with Gasteiger partial charge in [0.25, 0.3) is 0 Å². The standard InChI is InChI=1S/C17H21NO2/c1-17-8-6-15-13(14(17)4-5-16(17)20)3-2-11-10-12(19)7-9-18(11)15/h6,10,13-14H,2-5,7-9H2,1H3/t13?,14-,17-/m0/s1. The highest BCUT2D eigenvalue weighted by molar-refractivity contribution is 5.91. The summed E-state index contributed by atoms with van der Waals surface area (Å²) in [5.74, 6) is 1.79. The number of hydrogen-bond acceptors (Lipinski definition) is 3. The van der Waals surface area contributed by atoms with Gasteiger partial charge in [-0.3, -0.25) is 9.59 Å². The zero-order valence-electron chi connectivity index (χ0n) is 12.0. The normalized spacial score (nSPS) is 39.8. The van der Waals surface area contributed by atoms with Gasteiger partial charge in [-0.15, -0.1) is 0 Å². The highest BCUT2D eigenvalue weighted by Crippen LogP contribution is 2.56. The molecule has 3 nitrogen and oxygen atoms in total. The maximum atomic E-state index is 12.2. The van der Waals surface area contributed by atoms with Gasteiger partial charge >= 0.3 is 0 Å². The van der Waals surface area contributed by atoms with Crippen LogP contribution in [0.25, 0.3) is 0 Å². The number of carbonyl (C=O) groups excluding carboxylic acids is 2. The maximum Gasteiger partial charge on any atom is 0.159 e. The zero-order chi connectivity index (χ0) is 13.9. The van der Waals surface area contributed by atoms with Crippen molar-refractivity contribution in [2.75, 3.05) is 6.54 Å². The number of rotatable bonds is 0. The van der Waals surface area contributed by atoms with Crippen LogP contribution in [0.15, 0.2) is 23.5 Å². The number of nitrogens with zero attached hydrogens (tertiary/aromatic N) is 1. The number of carbonyl (C=O) groups is 2. The van der Waals surface area contributed by atoms with Crippen molar-refractivity contribution in [3.05, 3.63) is 23.5 Å². The summed E-state index contributed by atoms with van der Waals surface area (Å²) >= 11 is 0. The van der Waals surface area contributed by atoms with Gasteiger partial charge in [0.2, 0.25) is 0 Å². The van der Waals surface area contributed by atoms with Crippen LogP contribution in [0.2, 0.25) is 0 Å². The second-order valence-corrected chi connectivity index (χ2v) is 6.97. The lowest BCUT2D eigenvalue weighted by Crippen LogP contribution is -2.45. The Morgan fingerprint density at radius 1 is 1.20 bits per heavy atom. The summed E-state index contributed by atoms with van der Waals surface area (Å²) in [6.07, 6.45) is 9.59. The Bertz CT molecular complexity index is 559. The second kappa shape index (κ2) is 4.06. The van der Waals surface area contributed by atoms with Crippen molar-refractivity contribution < 1.29 is 9.59 Å². The van der Waals surface area contributed by atoms with Crippen molar-refractivity contribution >= 4 is 11.6 Å². The molecule has 3 atom stereocenters. The van der Waals surface area contributed by atoms with Crippen molar-refractivity contribution in [3.63, 3.8) is 0 Å². The smallest absolute Gasteiger partial charge is 0.159 e. The van der Waals surface area contributed by atoms with Gasteiger partial charge in [0.05, 0.1) is 0 Å². The van der Waals surface area contributed by atoms with Crippen LogP contribution in [0.4, 0.5) is 0 Å². The minimum Gasteiger partial charge on any atom is -0.348 e. The third-order valence-electron chi connectivity index (χ3n) is 6.02. The van der Waals surface area contributed by atoms with Crippen LogP contribution < -0.4 is 0 Å². The van der Waals surface area contributed by atoms with E-state index in [2.05, 4.69) is 17.9 Å². The Morgan fingerprint density at radius 2 is 2.05 bits per heavy atom. The molecule has 2 aliphatic carbocycles. The fraction of sp³-hybridized carbons (Fsp3) is 0.647. The summed E-state index contributed by atoms with van der Waals surface area (Å²) in [6.45, 7) is 3.01. The van der Waals surface area contributed by atoms with Gasteiger partial charge in [0.15, 0.2) is 5.78 Å².